The van der Waals surface area contributed by atoms with Gasteiger partial charge in [0, 0.05) is 49.1 Å². The molecule has 330 valence electrons. The highest BCUT2D eigenvalue weighted by Crippen LogP contribution is 2.58. The average molecular weight is 931 g/mol. The summed E-state index contributed by atoms with van der Waals surface area (Å²) in [5, 5.41) is 10.3. The number of benzene rings is 10. The molecule has 16 rings (SSSR count). The third kappa shape index (κ3) is 4.85. The van der Waals surface area contributed by atoms with Gasteiger partial charge in [0.2, 0.25) is 0 Å². The Bertz CT molecular complexity index is 4670. The molecule has 70 heavy (non-hydrogen) atoms. The molecule has 0 radical (unpaired) electrons. The van der Waals surface area contributed by atoms with Crippen molar-refractivity contribution in [2.45, 2.75) is 38.5 Å². The normalized spacial score (nSPS) is 14.5. The maximum absolute atomic E-state index is 4.66. The second-order valence-electron chi connectivity index (χ2n) is 20.5. The van der Waals surface area contributed by atoms with Gasteiger partial charge >= 0.3 is 0 Å². The minimum atomic E-state index is -0.259. The van der Waals surface area contributed by atoms with E-state index in [1.54, 1.807) is 22.7 Å². The van der Waals surface area contributed by atoms with Crippen LogP contribution in [-0.2, 0) is 10.8 Å². The van der Waals surface area contributed by atoms with Crippen LogP contribution >= 0.6 is 22.7 Å². The van der Waals surface area contributed by atoms with Crippen LogP contribution in [0.3, 0.4) is 0 Å². The number of aromatic nitrogens is 4. The summed E-state index contributed by atoms with van der Waals surface area (Å²) in [6, 6.07) is 64.5. The highest BCUT2D eigenvalue weighted by Gasteiger charge is 2.41. The molecule has 10 aromatic carbocycles. The lowest BCUT2D eigenvalue weighted by Gasteiger charge is -2.23. The second kappa shape index (κ2) is 13.4. The molecule has 4 aromatic heterocycles. The Labute approximate surface area is 411 Å². The van der Waals surface area contributed by atoms with Gasteiger partial charge in [-0.25, -0.2) is 9.97 Å². The zero-order chi connectivity index (χ0) is 46.4. The molecule has 0 bridgehead atoms. The summed E-state index contributed by atoms with van der Waals surface area (Å²) in [7, 11) is 0. The average Bonchev–Trinajstić information content (AvgIpc) is 4.25. The zero-order valence-corrected chi connectivity index (χ0v) is 40.6. The smallest absolute Gasteiger partial charge is 0.0813 e. The third-order valence-corrected chi connectivity index (χ3v) is 17.9. The number of nitrogens with zero attached hydrogens (tertiary/aromatic N) is 4. The van der Waals surface area contributed by atoms with Crippen LogP contribution in [0.5, 0.6) is 0 Å². The van der Waals surface area contributed by atoms with Gasteiger partial charge in [0.25, 0.3) is 0 Å². The first-order valence-electron chi connectivity index (χ1n) is 24.2. The van der Waals surface area contributed by atoms with Crippen molar-refractivity contribution in [2.75, 3.05) is 0 Å². The Balaban J connectivity index is 0.954. The van der Waals surface area contributed by atoms with Gasteiger partial charge in [-0.1, -0.05) is 143 Å². The summed E-state index contributed by atoms with van der Waals surface area (Å²) < 4.78 is 7.45. The van der Waals surface area contributed by atoms with E-state index < -0.39 is 0 Å². The van der Waals surface area contributed by atoms with Crippen molar-refractivity contribution in [3.05, 3.63) is 203 Å². The number of hydrogen-bond donors (Lipinski definition) is 0. The number of hydrogen-bond acceptors (Lipinski definition) is 4. The molecule has 0 amide bonds. The van der Waals surface area contributed by atoms with E-state index in [-0.39, 0.29) is 10.8 Å². The van der Waals surface area contributed by atoms with Crippen LogP contribution in [0, 0.1) is 0 Å². The molecular formula is C64H42N4S2. The van der Waals surface area contributed by atoms with Crippen molar-refractivity contribution in [3.63, 3.8) is 0 Å². The first kappa shape index (κ1) is 39.0. The SMILES string of the molecule is CC1(C)c2ccc(-c3cccc4c3ccc3c4c4ccc5c(c4n3-c3ccc4ncsc4c3)C(C)(C)c3ccccc3-5)cc2-c2c1c1c3ccccc3n(-c3ccc4ncsc4c3)c1c1ccccc21. The fourth-order valence-electron chi connectivity index (χ4n) is 13.4. The topological polar surface area (TPSA) is 35.6 Å². The van der Waals surface area contributed by atoms with E-state index in [1.165, 1.54) is 130 Å². The van der Waals surface area contributed by atoms with Crippen LogP contribution in [0.4, 0.5) is 0 Å². The molecule has 4 heterocycles. The molecular weight excluding hydrogens is 889 g/mol. The predicted octanol–water partition coefficient (Wildman–Crippen LogP) is 17.7. The molecule has 0 fully saturated rings. The van der Waals surface area contributed by atoms with Gasteiger partial charge in [-0.15, -0.1) is 22.7 Å². The molecule has 0 atom stereocenters. The molecule has 6 heteroatoms. The summed E-state index contributed by atoms with van der Waals surface area (Å²) in [6.45, 7) is 9.69. The molecule has 4 nitrogen and oxygen atoms in total. The lowest BCUT2D eigenvalue weighted by atomic mass is 9.79. The Morgan fingerprint density at radius 3 is 1.81 bits per heavy atom. The molecule has 0 N–H and O–H groups in total. The van der Waals surface area contributed by atoms with Crippen molar-refractivity contribution >= 4 is 108 Å². The van der Waals surface area contributed by atoms with E-state index >= 15 is 0 Å². The Hall–Kier alpha value is -7.90. The second-order valence-corrected chi connectivity index (χ2v) is 22.3. The van der Waals surface area contributed by atoms with Crippen LogP contribution in [0.25, 0.3) is 130 Å². The molecule has 0 saturated carbocycles. The number of thiazole rings is 2. The highest BCUT2D eigenvalue weighted by atomic mass is 32.1. The molecule has 0 spiro atoms. The molecule has 2 aliphatic rings. The first-order valence-corrected chi connectivity index (χ1v) is 26.0. The van der Waals surface area contributed by atoms with E-state index in [2.05, 4.69) is 217 Å². The van der Waals surface area contributed by atoms with Gasteiger partial charge in [0.15, 0.2) is 0 Å². The first-order chi connectivity index (χ1) is 34.3. The molecule has 0 aliphatic heterocycles. The number of para-hydroxylation sites is 1. The maximum atomic E-state index is 4.66. The summed E-state index contributed by atoms with van der Waals surface area (Å²) in [4.78, 5) is 9.29. The predicted molar refractivity (Wildman–Crippen MR) is 297 cm³/mol. The maximum Gasteiger partial charge on any atom is 0.0813 e. The minimum absolute atomic E-state index is 0.192. The Kier molecular flexibility index (Phi) is 7.49. The van der Waals surface area contributed by atoms with Crippen LogP contribution in [0.2, 0.25) is 0 Å². The van der Waals surface area contributed by atoms with Crippen LogP contribution in [-0.4, -0.2) is 19.1 Å². The van der Waals surface area contributed by atoms with E-state index in [4.69, 9.17) is 0 Å². The standard InChI is InChI=1S/C64H42N4S2/c1-63(2)48-18-9-7-12-40(48)43-23-24-46-56-41-17-11-16-38(39(41)25-29-53(56)68(62(46)59(43)63)37-22-28-51-55(32-37)70-34-66-51)35-20-26-49-47(30-35)57-42-13-5-6-14-44(42)61-58(60(57)64(49,3)4)45-15-8-10-19-52(45)67(61)36-21-27-50-54(31-36)69-33-65-50/h5-34H,1-4H3. The van der Waals surface area contributed by atoms with Crippen molar-refractivity contribution < 1.29 is 0 Å². The van der Waals surface area contributed by atoms with Gasteiger partial charge < -0.3 is 9.13 Å². The van der Waals surface area contributed by atoms with Gasteiger partial charge in [-0.05, 0) is 126 Å². The molecule has 0 saturated heterocycles. The Morgan fingerprint density at radius 1 is 0.400 bits per heavy atom. The summed E-state index contributed by atoms with van der Waals surface area (Å²) in [6.07, 6.45) is 0. The molecule has 0 unspecified atom stereocenters. The summed E-state index contributed by atoms with van der Waals surface area (Å²) in [5.74, 6) is 0. The quantitative estimate of drug-likeness (QED) is 0.177. The van der Waals surface area contributed by atoms with E-state index in [9.17, 15) is 0 Å². The van der Waals surface area contributed by atoms with Gasteiger partial charge in [0.05, 0.1) is 53.5 Å². The van der Waals surface area contributed by atoms with Crippen molar-refractivity contribution in [2.24, 2.45) is 0 Å². The van der Waals surface area contributed by atoms with Gasteiger partial charge in [-0.2, -0.15) is 0 Å². The largest absolute Gasteiger partial charge is 0.309 e. The van der Waals surface area contributed by atoms with Crippen molar-refractivity contribution in [3.8, 4) is 44.8 Å². The van der Waals surface area contributed by atoms with E-state index in [0.29, 0.717) is 0 Å². The summed E-state index contributed by atoms with van der Waals surface area (Å²) >= 11 is 3.41. The van der Waals surface area contributed by atoms with Crippen molar-refractivity contribution in [1.29, 1.82) is 0 Å². The zero-order valence-electron chi connectivity index (χ0n) is 38.9. The fraction of sp³-hybridized carbons (Fsp3) is 0.0938. The lowest BCUT2D eigenvalue weighted by Crippen LogP contribution is -2.16. The van der Waals surface area contributed by atoms with Crippen LogP contribution in [0.1, 0.15) is 49.9 Å². The van der Waals surface area contributed by atoms with E-state index in [0.717, 1.165) is 22.4 Å². The van der Waals surface area contributed by atoms with Crippen molar-refractivity contribution in [1.82, 2.24) is 19.1 Å². The fourth-order valence-corrected chi connectivity index (χ4v) is 14.8. The van der Waals surface area contributed by atoms with E-state index in [1.807, 2.05) is 11.0 Å². The highest BCUT2D eigenvalue weighted by molar-refractivity contribution is 7.17. The van der Waals surface area contributed by atoms with Gasteiger partial charge in [-0.3, -0.25) is 0 Å². The molecule has 2 aliphatic carbocycles. The number of fused-ring (bicyclic) bond motifs is 21. The minimum Gasteiger partial charge on any atom is -0.309 e. The number of rotatable bonds is 3. The monoisotopic (exact) mass is 930 g/mol. The van der Waals surface area contributed by atoms with Crippen LogP contribution in [0.15, 0.2) is 181 Å². The van der Waals surface area contributed by atoms with Crippen LogP contribution < -0.4 is 0 Å². The lowest BCUT2D eigenvalue weighted by molar-refractivity contribution is 0.664. The Morgan fingerprint density at radius 2 is 1.03 bits per heavy atom. The van der Waals surface area contributed by atoms with Gasteiger partial charge in [0.1, 0.15) is 0 Å². The summed E-state index contributed by atoms with van der Waals surface area (Å²) in [5.41, 5.74) is 26.2. The third-order valence-electron chi connectivity index (χ3n) is 16.3. The molecule has 14 aromatic rings.